The van der Waals surface area contributed by atoms with Crippen LogP contribution in [-0.4, -0.2) is 24.0 Å². The highest BCUT2D eigenvalue weighted by Gasteiger charge is 2.20. The van der Waals surface area contributed by atoms with Crippen LogP contribution in [-0.2, 0) is 4.79 Å². The van der Waals surface area contributed by atoms with E-state index in [0.29, 0.717) is 24.4 Å². The predicted octanol–water partition coefficient (Wildman–Crippen LogP) is 4.51. The van der Waals surface area contributed by atoms with Crippen LogP contribution in [0.4, 0.5) is 0 Å². The van der Waals surface area contributed by atoms with E-state index in [4.69, 9.17) is 11.6 Å². The Bertz CT molecular complexity index is 643. The predicted molar refractivity (Wildman–Crippen MR) is 103 cm³/mol. The van der Waals surface area contributed by atoms with E-state index in [1.54, 1.807) is 0 Å². The number of ketones is 1. The second-order valence-electron chi connectivity index (χ2n) is 6.21. The molecule has 0 saturated heterocycles. The third-order valence-corrected chi connectivity index (χ3v) is 4.62. The van der Waals surface area contributed by atoms with Gasteiger partial charge in [0, 0.05) is 17.4 Å². The number of hydrogen-bond acceptors (Lipinski definition) is 3. The average molecular weight is 360 g/mol. The average Bonchev–Trinajstić information content (AvgIpc) is 2.64. The van der Waals surface area contributed by atoms with Gasteiger partial charge in [-0.15, -0.1) is 0 Å². The van der Waals surface area contributed by atoms with E-state index in [2.05, 4.69) is 5.32 Å². The maximum Gasteiger partial charge on any atom is 0.140 e. The van der Waals surface area contributed by atoms with Gasteiger partial charge in [0.05, 0.1) is 12.6 Å². The number of Topliss-reactive ketones (excluding diaryl/α,β-unsaturated/α-hetero) is 1. The molecule has 0 heterocycles. The van der Waals surface area contributed by atoms with Gasteiger partial charge in [0.15, 0.2) is 0 Å². The summed E-state index contributed by atoms with van der Waals surface area (Å²) in [7, 11) is 0. The van der Waals surface area contributed by atoms with Crippen LogP contribution in [0.25, 0.3) is 0 Å². The minimum Gasteiger partial charge on any atom is -0.394 e. The van der Waals surface area contributed by atoms with Crippen molar-refractivity contribution in [1.29, 1.82) is 0 Å². The minimum absolute atomic E-state index is 0.0263. The summed E-state index contributed by atoms with van der Waals surface area (Å²) in [5.41, 5.74) is 2.05. The molecule has 0 spiro atoms. The lowest BCUT2D eigenvalue weighted by Crippen LogP contribution is -2.27. The first-order valence-electron chi connectivity index (χ1n) is 8.83. The summed E-state index contributed by atoms with van der Waals surface area (Å²) >= 11 is 5.96. The van der Waals surface area contributed by atoms with Crippen molar-refractivity contribution in [1.82, 2.24) is 5.32 Å². The van der Waals surface area contributed by atoms with Gasteiger partial charge in [0.1, 0.15) is 5.78 Å². The zero-order valence-electron chi connectivity index (χ0n) is 14.6. The van der Waals surface area contributed by atoms with Gasteiger partial charge in [-0.05, 0) is 42.6 Å². The van der Waals surface area contributed by atoms with Gasteiger partial charge in [0.2, 0.25) is 0 Å². The number of halogens is 1. The van der Waals surface area contributed by atoms with E-state index < -0.39 is 0 Å². The fourth-order valence-corrected chi connectivity index (χ4v) is 3.13. The van der Waals surface area contributed by atoms with Crippen LogP contribution in [0.5, 0.6) is 0 Å². The number of benzene rings is 2. The lowest BCUT2D eigenvalue weighted by molar-refractivity contribution is -0.120. The number of carbonyl (C=O) groups excluding carboxylic acids is 1. The highest BCUT2D eigenvalue weighted by Crippen LogP contribution is 2.24. The number of aliphatic hydroxyl groups is 1. The molecule has 0 aliphatic rings. The molecule has 0 aromatic heterocycles. The number of carbonyl (C=O) groups is 1. The monoisotopic (exact) mass is 359 g/mol. The minimum atomic E-state index is -0.139. The van der Waals surface area contributed by atoms with E-state index in [1.165, 1.54) is 0 Å². The van der Waals surface area contributed by atoms with Crippen molar-refractivity contribution in [2.24, 2.45) is 0 Å². The maximum atomic E-state index is 12.5. The van der Waals surface area contributed by atoms with E-state index >= 15 is 0 Å². The zero-order chi connectivity index (χ0) is 18.1. The Balaban J connectivity index is 2.01. The van der Waals surface area contributed by atoms with Crippen molar-refractivity contribution in [2.45, 2.75) is 38.1 Å². The fourth-order valence-electron chi connectivity index (χ4n) is 3.00. The van der Waals surface area contributed by atoms with Crippen molar-refractivity contribution in [3.63, 3.8) is 0 Å². The largest absolute Gasteiger partial charge is 0.394 e. The Morgan fingerprint density at radius 1 is 1.08 bits per heavy atom. The van der Waals surface area contributed by atoms with Crippen LogP contribution in [0.15, 0.2) is 54.6 Å². The first-order chi connectivity index (χ1) is 12.2. The number of nitrogens with one attached hydrogen (secondary N) is 1. The van der Waals surface area contributed by atoms with Crippen LogP contribution >= 0.6 is 11.6 Å². The Morgan fingerprint density at radius 3 is 2.36 bits per heavy atom. The summed E-state index contributed by atoms with van der Waals surface area (Å²) in [6, 6.07) is 17.3. The van der Waals surface area contributed by atoms with Crippen LogP contribution < -0.4 is 5.32 Å². The van der Waals surface area contributed by atoms with Crippen LogP contribution in [0.1, 0.15) is 49.3 Å². The molecule has 2 aromatic carbocycles. The molecule has 4 heteroatoms. The van der Waals surface area contributed by atoms with E-state index in [0.717, 1.165) is 17.5 Å². The SMILES string of the molecule is CCCC(=O)[C@H](CCNC(CO)c1ccccc1)c1ccc(Cl)cc1. The van der Waals surface area contributed by atoms with Crippen molar-refractivity contribution in [3.8, 4) is 0 Å². The molecule has 3 nitrogen and oxygen atoms in total. The first kappa shape index (κ1) is 19.6. The Labute approximate surface area is 155 Å². The molecule has 1 unspecified atom stereocenters. The maximum absolute atomic E-state index is 12.5. The second kappa shape index (κ2) is 10.3. The lowest BCUT2D eigenvalue weighted by Gasteiger charge is -2.20. The summed E-state index contributed by atoms with van der Waals surface area (Å²) < 4.78 is 0. The van der Waals surface area contributed by atoms with Crippen LogP contribution in [0, 0.1) is 0 Å². The molecule has 2 rings (SSSR count). The summed E-state index contributed by atoms with van der Waals surface area (Å²) in [5.74, 6) is 0.117. The molecular weight excluding hydrogens is 334 g/mol. The molecular formula is C21H26ClNO2. The molecule has 2 aromatic rings. The van der Waals surface area contributed by atoms with E-state index in [9.17, 15) is 9.90 Å². The number of hydrogen-bond donors (Lipinski definition) is 2. The highest BCUT2D eigenvalue weighted by molar-refractivity contribution is 6.30. The Kier molecular flexibility index (Phi) is 8.13. The summed E-state index contributed by atoms with van der Waals surface area (Å²) in [6.07, 6.45) is 2.12. The smallest absolute Gasteiger partial charge is 0.140 e. The van der Waals surface area contributed by atoms with E-state index in [-0.39, 0.29) is 24.3 Å². The Hall–Kier alpha value is -1.68. The fraction of sp³-hybridized carbons (Fsp3) is 0.381. The topological polar surface area (TPSA) is 49.3 Å². The zero-order valence-corrected chi connectivity index (χ0v) is 15.4. The van der Waals surface area contributed by atoms with Crippen LogP contribution in [0.3, 0.4) is 0 Å². The molecule has 134 valence electrons. The van der Waals surface area contributed by atoms with Crippen molar-refractivity contribution in [3.05, 3.63) is 70.7 Å². The summed E-state index contributed by atoms with van der Waals surface area (Å²) in [4.78, 5) is 12.5. The van der Waals surface area contributed by atoms with Gasteiger partial charge >= 0.3 is 0 Å². The molecule has 0 saturated carbocycles. The van der Waals surface area contributed by atoms with Crippen molar-refractivity contribution in [2.75, 3.05) is 13.2 Å². The number of aliphatic hydroxyl groups excluding tert-OH is 1. The molecule has 0 fully saturated rings. The number of rotatable bonds is 10. The summed E-state index contributed by atoms with van der Waals surface area (Å²) in [6.45, 7) is 2.70. The van der Waals surface area contributed by atoms with Gasteiger partial charge < -0.3 is 10.4 Å². The molecule has 0 aliphatic heterocycles. The second-order valence-corrected chi connectivity index (χ2v) is 6.65. The van der Waals surface area contributed by atoms with Crippen molar-refractivity contribution >= 4 is 17.4 Å². The molecule has 0 aliphatic carbocycles. The highest BCUT2D eigenvalue weighted by atomic mass is 35.5. The van der Waals surface area contributed by atoms with Gasteiger partial charge in [-0.1, -0.05) is 61.0 Å². The molecule has 0 amide bonds. The molecule has 0 bridgehead atoms. The van der Waals surface area contributed by atoms with Gasteiger partial charge in [-0.3, -0.25) is 4.79 Å². The summed E-state index contributed by atoms with van der Waals surface area (Å²) in [5, 5.41) is 13.7. The van der Waals surface area contributed by atoms with Gasteiger partial charge in [-0.2, -0.15) is 0 Å². The normalized spacial score (nSPS) is 13.4. The molecule has 0 radical (unpaired) electrons. The van der Waals surface area contributed by atoms with Gasteiger partial charge in [-0.25, -0.2) is 0 Å². The third-order valence-electron chi connectivity index (χ3n) is 4.37. The van der Waals surface area contributed by atoms with E-state index in [1.807, 2.05) is 61.5 Å². The molecule has 2 N–H and O–H groups in total. The standard InChI is InChI=1S/C21H26ClNO2/c1-2-6-21(25)19(16-9-11-18(22)12-10-16)13-14-23-20(15-24)17-7-4-3-5-8-17/h3-5,7-12,19-20,23-24H,2,6,13-15H2,1H3/t19-,20?/m1/s1. The third kappa shape index (κ3) is 5.96. The lowest BCUT2D eigenvalue weighted by atomic mass is 9.89. The van der Waals surface area contributed by atoms with Gasteiger partial charge in [0.25, 0.3) is 0 Å². The molecule has 2 atom stereocenters. The first-order valence-corrected chi connectivity index (χ1v) is 9.20. The Morgan fingerprint density at radius 2 is 1.76 bits per heavy atom. The van der Waals surface area contributed by atoms with Crippen molar-refractivity contribution < 1.29 is 9.90 Å². The quantitative estimate of drug-likeness (QED) is 0.656. The van der Waals surface area contributed by atoms with Crippen LogP contribution in [0.2, 0.25) is 5.02 Å². The molecule has 25 heavy (non-hydrogen) atoms.